The first-order valence-corrected chi connectivity index (χ1v) is 5.33. The van der Waals surface area contributed by atoms with Crippen LogP contribution in [0.4, 0.5) is 4.79 Å². The molecule has 2 N–H and O–H groups in total. The number of rotatable bonds is 4. The smallest absolute Gasteiger partial charge is 0.328 e. The molecule has 0 aromatic heterocycles. The van der Waals surface area contributed by atoms with Crippen LogP contribution in [0.15, 0.2) is 24.8 Å². The van der Waals surface area contributed by atoms with Gasteiger partial charge in [-0.15, -0.1) is 6.58 Å². The molecule has 0 atom stereocenters. The molecule has 6 heteroatoms. The topological polar surface area (TPSA) is 86.7 Å². The Morgan fingerprint density at radius 1 is 1.28 bits per heavy atom. The summed E-state index contributed by atoms with van der Waals surface area (Å²) in [6.45, 7) is 9.26. The summed E-state index contributed by atoms with van der Waals surface area (Å²) in [6.07, 6.45) is 2.99. The molecule has 0 aliphatic rings. The lowest BCUT2D eigenvalue weighted by Gasteiger charge is -2.34. The minimum atomic E-state index is -1.25. The van der Waals surface area contributed by atoms with Crippen molar-refractivity contribution < 1.29 is 19.5 Å². The quantitative estimate of drug-likeness (QED) is 0.582. The summed E-state index contributed by atoms with van der Waals surface area (Å²) in [5.41, 5.74) is -0.477. The zero-order chi connectivity index (χ0) is 14.3. The molecular weight excluding hydrogens is 236 g/mol. The first-order valence-electron chi connectivity index (χ1n) is 5.33. The van der Waals surface area contributed by atoms with Crippen LogP contribution in [-0.4, -0.2) is 40.0 Å². The Kier molecular flexibility index (Phi) is 5.81. The molecule has 100 valence electrons. The number of carbonyl (C=O) groups is 3. The van der Waals surface area contributed by atoms with Gasteiger partial charge in [0.15, 0.2) is 0 Å². The third-order valence-electron chi connectivity index (χ3n) is 1.97. The van der Waals surface area contributed by atoms with Crippen LogP contribution in [0.5, 0.6) is 0 Å². The lowest BCUT2D eigenvalue weighted by molar-refractivity contribution is -0.131. The van der Waals surface area contributed by atoms with Gasteiger partial charge in [0.05, 0.1) is 0 Å². The van der Waals surface area contributed by atoms with E-state index in [0.717, 1.165) is 6.08 Å². The summed E-state index contributed by atoms with van der Waals surface area (Å²) < 4.78 is 0. The first kappa shape index (κ1) is 15.9. The van der Waals surface area contributed by atoms with Crippen LogP contribution in [0.1, 0.15) is 20.8 Å². The van der Waals surface area contributed by atoms with Crippen LogP contribution in [0.3, 0.4) is 0 Å². The Balaban J connectivity index is 4.67. The molecule has 3 amide bonds. The molecular formula is C12H18N2O4. The van der Waals surface area contributed by atoms with Gasteiger partial charge in [-0.05, 0) is 20.8 Å². The number of carboxylic acids is 1. The van der Waals surface area contributed by atoms with Crippen molar-refractivity contribution in [3.63, 3.8) is 0 Å². The normalized spacial score (nSPS) is 11.1. The largest absolute Gasteiger partial charge is 0.478 e. The predicted molar refractivity (Wildman–Crippen MR) is 67.0 cm³/mol. The van der Waals surface area contributed by atoms with Crippen molar-refractivity contribution in [1.29, 1.82) is 0 Å². The number of hydrogen-bond donors (Lipinski definition) is 2. The maximum atomic E-state index is 11.8. The number of imide groups is 1. The minimum absolute atomic E-state index is 0.283. The molecule has 0 spiro atoms. The number of urea groups is 1. The van der Waals surface area contributed by atoms with E-state index < -0.39 is 23.4 Å². The van der Waals surface area contributed by atoms with E-state index >= 15 is 0 Å². The molecule has 0 heterocycles. The van der Waals surface area contributed by atoms with Crippen molar-refractivity contribution in [2.45, 2.75) is 26.3 Å². The van der Waals surface area contributed by atoms with E-state index in [1.165, 1.54) is 4.90 Å². The van der Waals surface area contributed by atoms with Gasteiger partial charge in [-0.2, -0.15) is 0 Å². The zero-order valence-electron chi connectivity index (χ0n) is 10.8. The Morgan fingerprint density at radius 2 is 1.83 bits per heavy atom. The highest BCUT2D eigenvalue weighted by Crippen LogP contribution is 2.12. The second-order valence-electron chi connectivity index (χ2n) is 4.54. The molecule has 18 heavy (non-hydrogen) atoms. The van der Waals surface area contributed by atoms with Crippen LogP contribution in [0.2, 0.25) is 0 Å². The lowest BCUT2D eigenvalue weighted by atomic mass is 10.1. The molecule has 0 aromatic carbocycles. The van der Waals surface area contributed by atoms with Gasteiger partial charge in [0.25, 0.3) is 5.91 Å². The average molecular weight is 254 g/mol. The number of carbonyl (C=O) groups excluding carboxylic acids is 2. The minimum Gasteiger partial charge on any atom is -0.478 e. The second-order valence-corrected chi connectivity index (χ2v) is 4.54. The highest BCUT2D eigenvalue weighted by molar-refractivity contribution is 6.02. The van der Waals surface area contributed by atoms with Gasteiger partial charge in [-0.1, -0.05) is 6.08 Å². The second kappa shape index (κ2) is 6.58. The number of hydrogen-bond acceptors (Lipinski definition) is 3. The number of nitrogens with one attached hydrogen (secondary N) is 1. The van der Waals surface area contributed by atoms with Crippen LogP contribution in [0, 0.1) is 0 Å². The van der Waals surface area contributed by atoms with Crippen LogP contribution in [-0.2, 0) is 9.59 Å². The van der Waals surface area contributed by atoms with E-state index in [1.54, 1.807) is 6.08 Å². The third kappa shape index (κ3) is 5.83. The molecule has 0 saturated heterocycles. The maximum absolute atomic E-state index is 11.8. The molecule has 0 fully saturated rings. The van der Waals surface area contributed by atoms with Gasteiger partial charge in [0.2, 0.25) is 0 Å². The molecule has 0 rings (SSSR count). The van der Waals surface area contributed by atoms with Gasteiger partial charge < -0.3 is 10.0 Å². The van der Waals surface area contributed by atoms with E-state index in [9.17, 15) is 14.4 Å². The van der Waals surface area contributed by atoms with Crippen molar-refractivity contribution in [3.05, 3.63) is 24.8 Å². The maximum Gasteiger partial charge on any atom is 0.328 e. The fourth-order valence-electron chi connectivity index (χ4n) is 1.15. The monoisotopic (exact) mass is 254 g/mol. The Hall–Kier alpha value is -2.11. The number of aliphatic carboxylic acids is 1. The average Bonchev–Trinajstić information content (AvgIpc) is 2.21. The van der Waals surface area contributed by atoms with Crippen LogP contribution < -0.4 is 5.32 Å². The fourth-order valence-corrected chi connectivity index (χ4v) is 1.15. The van der Waals surface area contributed by atoms with Gasteiger partial charge in [0, 0.05) is 24.2 Å². The number of carboxylic acid groups (broad SMARTS) is 1. The molecule has 0 aliphatic carbocycles. The SMILES string of the molecule is C=CCN(C(=O)NC(=O)/C=C/C(=O)O)C(C)(C)C. The summed E-state index contributed by atoms with van der Waals surface area (Å²) in [4.78, 5) is 34.7. The van der Waals surface area contributed by atoms with E-state index in [-0.39, 0.29) is 6.54 Å². The van der Waals surface area contributed by atoms with Crippen molar-refractivity contribution in [2.75, 3.05) is 6.54 Å². The van der Waals surface area contributed by atoms with Gasteiger partial charge in [-0.3, -0.25) is 10.1 Å². The Bertz CT molecular complexity index is 380. The number of nitrogens with zero attached hydrogens (tertiary/aromatic N) is 1. The van der Waals surface area contributed by atoms with E-state index in [4.69, 9.17) is 5.11 Å². The summed E-state index contributed by atoms with van der Waals surface area (Å²) in [5, 5.41) is 10.4. The van der Waals surface area contributed by atoms with Crippen molar-refractivity contribution in [2.24, 2.45) is 0 Å². The summed E-state index contributed by atoms with van der Waals surface area (Å²) in [5.74, 6) is -2.03. The van der Waals surface area contributed by atoms with Crippen molar-refractivity contribution in [1.82, 2.24) is 10.2 Å². The van der Waals surface area contributed by atoms with Gasteiger partial charge in [-0.25, -0.2) is 9.59 Å². The molecule has 0 unspecified atom stereocenters. The van der Waals surface area contributed by atoms with E-state index in [2.05, 4.69) is 11.9 Å². The van der Waals surface area contributed by atoms with Crippen molar-refractivity contribution in [3.8, 4) is 0 Å². The molecule has 6 nitrogen and oxygen atoms in total. The molecule has 0 aliphatic heterocycles. The third-order valence-corrected chi connectivity index (χ3v) is 1.97. The first-order chi connectivity index (χ1) is 8.18. The van der Waals surface area contributed by atoms with E-state index in [0.29, 0.717) is 6.08 Å². The lowest BCUT2D eigenvalue weighted by Crippen LogP contribution is -2.51. The van der Waals surface area contributed by atoms with Crippen LogP contribution in [0.25, 0.3) is 0 Å². The van der Waals surface area contributed by atoms with Crippen molar-refractivity contribution >= 4 is 17.9 Å². The predicted octanol–water partition coefficient (Wildman–Crippen LogP) is 1.15. The summed E-state index contributed by atoms with van der Waals surface area (Å²) in [7, 11) is 0. The van der Waals surface area contributed by atoms with Gasteiger partial charge >= 0.3 is 12.0 Å². The van der Waals surface area contributed by atoms with E-state index in [1.807, 2.05) is 20.8 Å². The number of amides is 3. The molecule has 0 saturated carbocycles. The Labute approximate surface area is 106 Å². The molecule has 0 aromatic rings. The summed E-state index contributed by atoms with van der Waals surface area (Å²) >= 11 is 0. The molecule has 0 radical (unpaired) electrons. The van der Waals surface area contributed by atoms with Gasteiger partial charge in [0.1, 0.15) is 0 Å². The zero-order valence-corrected chi connectivity index (χ0v) is 10.8. The highest BCUT2D eigenvalue weighted by Gasteiger charge is 2.25. The Morgan fingerprint density at radius 3 is 2.22 bits per heavy atom. The standard InChI is InChI=1S/C12H18N2O4/c1-5-8-14(12(2,3)4)11(18)13-9(15)6-7-10(16)17/h5-7H,1,8H2,2-4H3,(H,16,17)(H,13,15,18)/b7-6+. The fraction of sp³-hybridized carbons (Fsp3) is 0.417. The van der Waals surface area contributed by atoms with Crippen LogP contribution >= 0.6 is 0 Å². The highest BCUT2D eigenvalue weighted by atomic mass is 16.4. The summed E-state index contributed by atoms with van der Waals surface area (Å²) in [6, 6.07) is -0.595. The molecule has 0 bridgehead atoms.